The van der Waals surface area contributed by atoms with Crippen molar-refractivity contribution >= 4 is 17.3 Å². The van der Waals surface area contributed by atoms with Crippen LogP contribution in [0.25, 0.3) is 5.69 Å². The first kappa shape index (κ1) is 24.6. The van der Waals surface area contributed by atoms with Crippen molar-refractivity contribution in [2.45, 2.75) is 17.9 Å². The van der Waals surface area contributed by atoms with Gasteiger partial charge in [0.15, 0.2) is 0 Å². The topological polar surface area (TPSA) is 124 Å². The van der Waals surface area contributed by atoms with Gasteiger partial charge in [-0.1, -0.05) is 6.07 Å². The Labute approximate surface area is 193 Å². The SMILES string of the molecule is O=c1[nH]c(=O)n(-c2ccc(F)cc2)c2c1C(C(F)(F)F)(C(F)(F)F)[NH+]=C(c1cccc([N+](=O)[O-])c1)N2. The maximum Gasteiger partial charge on any atom is 0.446 e. The van der Waals surface area contributed by atoms with E-state index in [0.717, 1.165) is 42.5 Å². The molecule has 9 nitrogen and oxygen atoms in total. The van der Waals surface area contributed by atoms with Gasteiger partial charge in [-0.15, -0.1) is 0 Å². The molecule has 1 aromatic heterocycles. The van der Waals surface area contributed by atoms with Gasteiger partial charge in [-0.05, 0) is 30.3 Å². The number of halogens is 7. The third-order valence-corrected chi connectivity index (χ3v) is 5.32. The van der Waals surface area contributed by atoms with Crippen LogP contribution in [0.5, 0.6) is 0 Å². The predicted octanol–water partition coefficient (Wildman–Crippen LogP) is 1.85. The van der Waals surface area contributed by atoms with E-state index in [1.54, 1.807) is 0 Å². The average Bonchev–Trinajstić information content (AvgIpc) is 2.78. The van der Waals surface area contributed by atoms with E-state index in [2.05, 4.69) is 5.32 Å². The first-order valence-corrected chi connectivity index (χ1v) is 9.63. The van der Waals surface area contributed by atoms with Crippen LogP contribution in [0.4, 0.5) is 42.2 Å². The summed E-state index contributed by atoms with van der Waals surface area (Å²) in [5.41, 5.74) is -12.0. The molecule has 4 rings (SSSR count). The summed E-state index contributed by atoms with van der Waals surface area (Å²) in [6, 6.07) is 6.94. The molecule has 0 radical (unpaired) electrons. The van der Waals surface area contributed by atoms with Gasteiger partial charge < -0.3 is 0 Å². The number of nitrogens with zero attached hydrogens (tertiary/aromatic N) is 2. The lowest BCUT2D eigenvalue weighted by Crippen LogP contribution is -2.97. The number of fused-ring (bicyclic) bond motifs is 1. The molecule has 3 N–H and O–H groups in total. The van der Waals surface area contributed by atoms with E-state index in [0.29, 0.717) is 10.6 Å². The Kier molecular flexibility index (Phi) is 5.49. The quantitative estimate of drug-likeness (QED) is 0.278. The molecule has 0 unspecified atom stereocenters. The molecule has 0 saturated carbocycles. The third kappa shape index (κ3) is 3.70. The standard InChI is InChI=1S/C20H10F7N5O4/c21-10-4-6-11(7-5-10)31-15-13(16(33)29-17(31)34)18(19(22,23)24,20(25,26)27)30-14(28-15)9-2-1-3-12(8-9)32(35)36/h1-8H,(H,28,30)(H,29,33,34)/p+1. The number of amidine groups is 1. The van der Waals surface area contributed by atoms with Crippen LogP contribution in [0, 0.1) is 15.9 Å². The molecule has 0 aliphatic carbocycles. The number of anilines is 1. The van der Waals surface area contributed by atoms with Gasteiger partial charge in [-0.2, -0.15) is 26.3 Å². The minimum atomic E-state index is -6.22. The summed E-state index contributed by atoms with van der Waals surface area (Å²) in [6.07, 6.45) is -12.4. The molecule has 0 atom stereocenters. The number of rotatable bonds is 3. The van der Waals surface area contributed by atoms with Crippen LogP contribution in [0.1, 0.15) is 11.1 Å². The second-order valence-corrected chi connectivity index (χ2v) is 7.47. The monoisotopic (exact) mass is 518 g/mol. The predicted molar refractivity (Wildman–Crippen MR) is 108 cm³/mol. The molecule has 0 amide bonds. The number of aromatic amines is 1. The van der Waals surface area contributed by atoms with E-state index >= 15 is 0 Å². The number of nitro groups is 1. The van der Waals surface area contributed by atoms with Gasteiger partial charge in [0.1, 0.15) is 11.4 Å². The van der Waals surface area contributed by atoms with Crippen LogP contribution < -0.4 is 21.6 Å². The van der Waals surface area contributed by atoms with E-state index in [1.807, 2.05) is 0 Å². The summed E-state index contributed by atoms with van der Waals surface area (Å²) in [7, 11) is 0. The number of hydrogen-bond donors (Lipinski definition) is 3. The fourth-order valence-corrected chi connectivity index (χ4v) is 3.74. The van der Waals surface area contributed by atoms with Gasteiger partial charge in [-0.25, -0.2) is 24.1 Å². The first-order valence-electron chi connectivity index (χ1n) is 9.63. The zero-order valence-electron chi connectivity index (χ0n) is 17.3. The van der Waals surface area contributed by atoms with Crippen molar-refractivity contribution < 1.29 is 40.6 Å². The van der Waals surface area contributed by atoms with Crippen LogP contribution in [0.3, 0.4) is 0 Å². The van der Waals surface area contributed by atoms with E-state index in [1.165, 1.54) is 9.98 Å². The molecule has 2 heterocycles. The highest BCUT2D eigenvalue weighted by Crippen LogP contribution is 2.48. The zero-order chi connectivity index (χ0) is 26.6. The number of aromatic nitrogens is 2. The molecule has 3 aromatic rings. The van der Waals surface area contributed by atoms with E-state index < -0.39 is 68.3 Å². The van der Waals surface area contributed by atoms with Gasteiger partial charge in [0, 0.05) is 12.1 Å². The van der Waals surface area contributed by atoms with Gasteiger partial charge in [-0.3, -0.25) is 19.9 Å². The molecular weight excluding hydrogens is 507 g/mol. The van der Waals surface area contributed by atoms with Gasteiger partial charge in [0.2, 0.25) is 5.82 Å². The van der Waals surface area contributed by atoms with Crippen molar-refractivity contribution in [1.82, 2.24) is 9.55 Å². The second kappa shape index (κ2) is 8.03. The smallest absolute Gasteiger partial charge is 0.273 e. The Hall–Kier alpha value is -4.50. The third-order valence-electron chi connectivity index (χ3n) is 5.32. The van der Waals surface area contributed by atoms with Gasteiger partial charge in [0.05, 0.1) is 16.2 Å². The Bertz CT molecular complexity index is 1510. The average molecular weight is 518 g/mol. The summed E-state index contributed by atoms with van der Waals surface area (Å²) in [5.74, 6) is -3.10. The van der Waals surface area contributed by atoms with Crippen molar-refractivity contribution in [3.63, 3.8) is 0 Å². The fourth-order valence-electron chi connectivity index (χ4n) is 3.74. The normalized spacial score (nSPS) is 15.0. The molecule has 1 aliphatic rings. The molecule has 0 fully saturated rings. The zero-order valence-corrected chi connectivity index (χ0v) is 17.3. The fraction of sp³-hybridized carbons (Fsp3) is 0.150. The summed E-state index contributed by atoms with van der Waals surface area (Å²) in [4.78, 5) is 38.0. The molecule has 188 valence electrons. The van der Waals surface area contributed by atoms with Crippen LogP contribution in [-0.4, -0.2) is 32.7 Å². The molecular formula is C20H11F7N5O4+. The minimum Gasteiger partial charge on any atom is -0.273 e. The molecule has 2 aromatic carbocycles. The maximum absolute atomic E-state index is 14.3. The van der Waals surface area contributed by atoms with Crippen molar-refractivity contribution in [2.75, 3.05) is 5.32 Å². The summed E-state index contributed by atoms with van der Waals surface area (Å²) in [5, 5.41) is 13.3. The lowest BCUT2D eigenvalue weighted by atomic mass is 9.87. The van der Waals surface area contributed by atoms with E-state index in [9.17, 15) is 50.4 Å². The highest BCUT2D eigenvalue weighted by atomic mass is 19.4. The number of nitrogens with one attached hydrogen (secondary N) is 3. The van der Waals surface area contributed by atoms with Gasteiger partial charge >= 0.3 is 23.6 Å². The number of benzene rings is 2. The molecule has 0 bridgehead atoms. The number of nitro benzene ring substituents is 1. The largest absolute Gasteiger partial charge is 0.446 e. The van der Waals surface area contributed by atoms with Crippen molar-refractivity contribution in [1.29, 1.82) is 0 Å². The van der Waals surface area contributed by atoms with Crippen molar-refractivity contribution in [3.05, 3.63) is 96.4 Å². The Morgan fingerprint density at radius 1 is 0.972 bits per heavy atom. The molecule has 0 spiro atoms. The summed E-state index contributed by atoms with van der Waals surface area (Å²) < 4.78 is 99.6. The van der Waals surface area contributed by atoms with Crippen LogP contribution in [0.2, 0.25) is 0 Å². The molecule has 16 heteroatoms. The van der Waals surface area contributed by atoms with Crippen LogP contribution >= 0.6 is 0 Å². The van der Waals surface area contributed by atoms with Gasteiger partial charge in [0.25, 0.3) is 17.1 Å². The Morgan fingerprint density at radius 3 is 2.14 bits per heavy atom. The lowest BCUT2D eigenvalue weighted by molar-refractivity contribution is -0.658. The number of alkyl halides is 6. The molecule has 0 saturated heterocycles. The Morgan fingerprint density at radius 2 is 1.58 bits per heavy atom. The summed E-state index contributed by atoms with van der Waals surface area (Å²) >= 11 is 0. The highest BCUT2D eigenvalue weighted by Gasteiger charge is 2.78. The number of hydrogen-bond acceptors (Lipinski definition) is 5. The van der Waals surface area contributed by atoms with Crippen LogP contribution in [0.15, 0.2) is 58.1 Å². The molecule has 1 aliphatic heterocycles. The minimum absolute atomic E-state index is 0.292. The van der Waals surface area contributed by atoms with E-state index in [-0.39, 0.29) is 5.69 Å². The summed E-state index contributed by atoms with van der Waals surface area (Å²) in [6.45, 7) is 0. The van der Waals surface area contributed by atoms with E-state index in [4.69, 9.17) is 0 Å². The lowest BCUT2D eigenvalue weighted by Gasteiger charge is -2.35. The highest BCUT2D eigenvalue weighted by molar-refractivity contribution is 6.05. The number of H-pyrrole nitrogens is 1. The molecule has 36 heavy (non-hydrogen) atoms. The maximum atomic E-state index is 14.3. The number of non-ortho nitro benzene ring substituents is 1. The van der Waals surface area contributed by atoms with Crippen LogP contribution in [-0.2, 0) is 5.54 Å². The first-order chi connectivity index (χ1) is 16.7. The van der Waals surface area contributed by atoms with Crippen molar-refractivity contribution in [2.24, 2.45) is 0 Å². The van der Waals surface area contributed by atoms with Crippen molar-refractivity contribution in [3.8, 4) is 5.69 Å². The Balaban J connectivity index is 2.16. The second-order valence-electron chi connectivity index (χ2n) is 7.47.